The maximum atomic E-state index is 12.1. The molecular formula is C88H72Br2Cl6N6O25. The number of fused-ring (bicyclic) bond motifs is 5. The molecule has 31 nitrogen and oxygen atoms in total. The summed E-state index contributed by atoms with van der Waals surface area (Å²) in [4.78, 5) is 65.7. The third-order valence-electron chi connectivity index (χ3n) is 21.4. The van der Waals surface area contributed by atoms with Gasteiger partial charge in [0.1, 0.15) is 47.7 Å². The van der Waals surface area contributed by atoms with Gasteiger partial charge in [-0.2, -0.15) is 0 Å². The van der Waals surface area contributed by atoms with E-state index in [2.05, 4.69) is 31.9 Å². The zero-order chi connectivity index (χ0) is 92.3. The minimum Gasteiger partial charge on any atom is -0.489 e. The highest BCUT2D eigenvalue weighted by Gasteiger charge is 2.67. The molecule has 15 atom stereocenters. The van der Waals surface area contributed by atoms with Crippen LogP contribution in [0.3, 0.4) is 0 Å². The van der Waals surface area contributed by atoms with Crippen molar-refractivity contribution in [2.24, 2.45) is 0 Å². The summed E-state index contributed by atoms with van der Waals surface area (Å²) >= 11 is 44.1. The van der Waals surface area contributed by atoms with Crippen LogP contribution in [0, 0.1) is 88.4 Å². The van der Waals surface area contributed by atoms with Gasteiger partial charge in [0.25, 0.3) is 5.69 Å². The molecule has 0 aliphatic carbocycles. The quantitative estimate of drug-likeness (QED) is 0.0172. The third-order valence-corrected chi connectivity index (χ3v) is 25.4. The zero-order valence-corrected chi connectivity index (χ0v) is 74.1. The molecule has 16 rings (SSSR count). The summed E-state index contributed by atoms with van der Waals surface area (Å²) in [5, 5.41) is 132. The van der Waals surface area contributed by atoms with Crippen molar-refractivity contribution in [3.63, 3.8) is 0 Å². The number of nitro benzene ring substituents is 1. The molecule has 0 saturated heterocycles. The van der Waals surface area contributed by atoms with Crippen molar-refractivity contribution in [3.8, 4) is 34.5 Å². The Labute approximate surface area is 768 Å². The third kappa shape index (κ3) is 18.8. The van der Waals surface area contributed by atoms with Crippen LogP contribution in [0.15, 0.2) is 252 Å². The molecule has 5 heterocycles. The summed E-state index contributed by atoms with van der Waals surface area (Å²) in [7, 11) is 0. The zero-order valence-electron chi connectivity index (χ0n) is 66.4. The summed E-state index contributed by atoms with van der Waals surface area (Å²) in [5.74, 6) is 1.04. The van der Waals surface area contributed by atoms with E-state index in [0.29, 0.717) is 77.5 Å². The van der Waals surface area contributed by atoms with Crippen molar-refractivity contribution >= 4 is 113 Å². The van der Waals surface area contributed by atoms with Crippen LogP contribution in [0.4, 0.5) is 5.69 Å². The SMILES string of the molecule is Cc1ccc([C@@H]2Oc3c(Br)cc(Br)cc3[C@H](O)[C@@]2(Cl)[N+](=O)[O-])cc1.Cc1ccc([C@@H]2Oc3c(C(=O)CO)cc(Cl)cc3[C@H](O)[C@@]2(Cl)[N+](=O)[O-])cc1.Cc1ccc([C@@H]2Oc3ccc([N+](=O)[O-])cc3[C@H](O)[C@@]2(Cl)[N+](=O)[O-])cc1.Cc1ccc([C@@H]2Oc3ccccc3[C@H](O)[C@@]2(Cl)[N+](=O)[O-])cc1.O=[N+]([O-])[C@]1(Cl)[C@@H](O)c2ccccc2O[C@H]1c1ccc(OCc2ccccc2)cc1. The van der Waals surface area contributed by atoms with Crippen molar-refractivity contribution in [2.75, 3.05) is 6.61 Å². The van der Waals surface area contributed by atoms with E-state index in [9.17, 15) is 96.1 Å². The first-order valence-electron chi connectivity index (χ1n) is 38.0. The van der Waals surface area contributed by atoms with Crippen LogP contribution in [0.5, 0.6) is 34.5 Å². The number of non-ortho nitro benzene ring substituents is 1. The number of nitro groups is 6. The molecule has 127 heavy (non-hydrogen) atoms. The second kappa shape index (κ2) is 38.7. The molecule has 0 bridgehead atoms. The van der Waals surface area contributed by atoms with Crippen molar-refractivity contribution in [1.29, 1.82) is 0 Å². The molecule has 0 saturated carbocycles. The van der Waals surface area contributed by atoms with E-state index in [4.69, 9.17) is 98.0 Å². The topological polar surface area (TPSA) is 453 Å². The average Bonchev–Trinajstić information content (AvgIpc) is 0.745. The van der Waals surface area contributed by atoms with Gasteiger partial charge in [-0.3, -0.25) is 65.5 Å². The monoisotopic (exact) mass is 1980 g/mol. The van der Waals surface area contributed by atoms with E-state index in [1.165, 1.54) is 24.3 Å². The van der Waals surface area contributed by atoms with Gasteiger partial charge >= 0.3 is 25.0 Å². The number of Topliss-reactive ketones (excluding diaryl/α,β-unsaturated/α-hetero) is 1. The number of aliphatic hydroxyl groups is 6. The minimum atomic E-state index is -2.44. The van der Waals surface area contributed by atoms with Crippen molar-refractivity contribution in [2.45, 2.75) is 120 Å². The minimum absolute atomic E-state index is 0.0457. The molecule has 660 valence electrons. The highest BCUT2D eigenvalue weighted by Crippen LogP contribution is 2.59. The predicted octanol–water partition coefficient (Wildman–Crippen LogP) is 19.4. The van der Waals surface area contributed by atoms with Gasteiger partial charge in [0.05, 0.1) is 39.6 Å². The van der Waals surface area contributed by atoms with Crippen LogP contribution in [0.2, 0.25) is 5.02 Å². The Kier molecular flexibility index (Phi) is 28.9. The highest BCUT2D eigenvalue weighted by molar-refractivity contribution is 9.11. The lowest BCUT2D eigenvalue weighted by Crippen LogP contribution is -2.49. The van der Waals surface area contributed by atoms with E-state index < -0.39 is 128 Å². The summed E-state index contributed by atoms with van der Waals surface area (Å²) in [6, 6.07) is 66.6. The van der Waals surface area contributed by atoms with Gasteiger partial charge < -0.3 is 59.1 Å². The summed E-state index contributed by atoms with van der Waals surface area (Å²) < 4.78 is 36.0. The van der Waals surface area contributed by atoms with Crippen molar-refractivity contribution < 1.29 is 93.4 Å². The first-order chi connectivity index (χ1) is 60.1. The first-order valence-corrected chi connectivity index (χ1v) is 41.9. The van der Waals surface area contributed by atoms with Crippen LogP contribution in [-0.4, -0.2) is 97.6 Å². The Morgan fingerprint density at radius 1 is 0.386 bits per heavy atom. The second-order valence-corrected chi connectivity index (χ2v) is 35.0. The normalized spacial score (nSPS) is 24.8. The number of hydrogen-bond donors (Lipinski definition) is 6. The largest absolute Gasteiger partial charge is 0.489 e. The number of carbonyl (C=O) groups is 1. The van der Waals surface area contributed by atoms with Gasteiger partial charge in [0.2, 0.25) is 30.5 Å². The number of para-hydroxylation sites is 2. The molecule has 0 fully saturated rings. The van der Waals surface area contributed by atoms with Gasteiger partial charge in [-0.1, -0.05) is 226 Å². The molecule has 39 heteroatoms. The fourth-order valence-corrected chi connectivity index (χ4v) is 17.5. The number of ketones is 1. The molecule has 0 aromatic heterocycles. The summed E-state index contributed by atoms with van der Waals surface area (Å²) in [5.41, 5.74) is 7.49. The van der Waals surface area contributed by atoms with E-state index in [0.717, 1.165) is 33.9 Å². The number of hydrogen-bond acceptors (Lipinski definition) is 25. The number of benzene rings is 11. The van der Waals surface area contributed by atoms with E-state index >= 15 is 0 Å². The van der Waals surface area contributed by atoms with Crippen molar-refractivity contribution in [3.05, 3.63) is 406 Å². The Morgan fingerprint density at radius 3 is 1.08 bits per heavy atom. The number of aliphatic hydroxyl groups excluding tert-OH is 6. The van der Waals surface area contributed by atoms with E-state index in [-0.39, 0.29) is 44.5 Å². The maximum Gasteiger partial charge on any atom is 0.364 e. The van der Waals surface area contributed by atoms with Gasteiger partial charge in [0, 0.05) is 77.3 Å². The highest BCUT2D eigenvalue weighted by atomic mass is 79.9. The molecule has 5 aliphatic rings. The van der Waals surface area contributed by atoms with Crippen LogP contribution >= 0.6 is 101 Å². The molecule has 5 aliphatic heterocycles. The Morgan fingerprint density at radius 2 is 0.709 bits per heavy atom. The second-order valence-electron chi connectivity index (χ2n) is 29.7. The van der Waals surface area contributed by atoms with Gasteiger partial charge in [0.15, 0.2) is 36.3 Å². The molecule has 0 unspecified atom stereocenters. The van der Waals surface area contributed by atoms with Crippen LogP contribution in [0.1, 0.15) is 155 Å². The summed E-state index contributed by atoms with van der Waals surface area (Å²) in [6.45, 7) is 7.11. The molecule has 0 spiro atoms. The average molecular weight is 1990 g/mol. The Bertz CT molecular complexity index is 6000. The van der Waals surface area contributed by atoms with Crippen LogP contribution < -0.4 is 28.4 Å². The Balaban J connectivity index is 0.000000145. The van der Waals surface area contributed by atoms with Gasteiger partial charge in [-0.15, -0.1) is 0 Å². The molecule has 0 radical (unpaired) electrons. The van der Waals surface area contributed by atoms with Gasteiger partial charge in [-0.05, 0) is 162 Å². The lowest BCUT2D eigenvalue weighted by molar-refractivity contribution is -0.570. The molecule has 0 amide bonds. The molecule has 11 aromatic carbocycles. The fraction of sp³-hybridized carbons (Fsp3) is 0.239. The smallest absolute Gasteiger partial charge is 0.364 e. The standard InChI is InChI=1S/C22H18ClNO5.C18H15Cl2NO6.C16H12Br2ClNO4.C16H13ClN2O6.C16H14ClNO4/c23-22(24(26)27)20(25)18-8-4-5-9-19(18)29-21(22)16-10-12-17(13-11-16)28-14-15-6-2-1-3-7-15;1-9-2-4-10(5-3-9)17-18(20,21(25)26)16(24)13-7-11(19)6-12(14(23)8-22)15(13)27-17;1-8-2-4-9(5-3-8)15-16(19,20(22)23)14(21)11-6-10(17)7-12(18)13(11)24-15;1-9-2-4-10(5-3-9)15-16(17,19(23)24)14(20)12-8-11(18(21)22)6-7-13(12)25-15;1-10-6-8-11(9-7-10)15-16(17,18(20)21)14(19)12-4-2-3-5-13(12)22-15/h1-13,20-21,25H,14H2;2-7,16-17,22,24H,8H2,1H3;2-7,14-15,21H,1H3;2-8,14-15,20H,1H3;2-9,14-15,19H,1H3/t20-,21-,22+;16-,17-,18+;3*14-,15-,16+/m00000/s1. The number of aryl methyl sites for hydroxylation is 4. The molecule has 11 aromatic rings. The van der Waals surface area contributed by atoms with E-state index in [1.54, 1.807) is 158 Å². The predicted molar refractivity (Wildman–Crippen MR) is 472 cm³/mol. The summed E-state index contributed by atoms with van der Waals surface area (Å²) in [6.07, 6.45) is -14.2. The molecular weight excluding hydrogens is 1910 g/mol. The number of halogens is 8. The van der Waals surface area contributed by atoms with Crippen molar-refractivity contribution in [1.82, 2.24) is 0 Å². The van der Waals surface area contributed by atoms with E-state index in [1.807, 2.05) is 82.3 Å². The van der Waals surface area contributed by atoms with Crippen LogP contribution in [0.25, 0.3) is 0 Å². The lowest BCUT2D eigenvalue weighted by atomic mass is 9.87. The lowest BCUT2D eigenvalue weighted by Gasteiger charge is -2.38. The molecule has 6 N–H and O–H groups in total. The number of nitrogens with zero attached hydrogens (tertiary/aromatic N) is 6. The maximum absolute atomic E-state index is 12.1. The number of ether oxygens (including phenoxy) is 6. The number of alkyl halides is 5. The number of rotatable bonds is 16. The first kappa shape index (κ1) is 94.9. The number of carbonyl (C=O) groups excluding carboxylic acids is 1. The Hall–Kier alpha value is -11.3. The van der Waals surface area contributed by atoms with Gasteiger partial charge in [-0.25, -0.2) is 0 Å². The van der Waals surface area contributed by atoms with Crippen LogP contribution in [-0.2, 0) is 6.61 Å². The fourth-order valence-electron chi connectivity index (χ4n) is 14.5.